The second-order valence-electron chi connectivity index (χ2n) is 6.22. The molecule has 0 saturated heterocycles. The second-order valence-corrected chi connectivity index (χ2v) is 7.09. The number of hydrogen-bond donors (Lipinski definition) is 2. The van der Waals surface area contributed by atoms with E-state index in [-0.39, 0.29) is 6.61 Å². The molecular weight excluding hydrogens is 360 g/mol. The van der Waals surface area contributed by atoms with Crippen LogP contribution in [0.4, 0.5) is 16.5 Å². The Morgan fingerprint density at radius 1 is 1.07 bits per heavy atom. The zero-order chi connectivity index (χ0) is 19.1. The van der Waals surface area contributed by atoms with Crippen molar-refractivity contribution in [3.63, 3.8) is 0 Å². The number of aliphatic hydroxyl groups excluding tert-OH is 2. The van der Waals surface area contributed by atoms with Gasteiger partial charge in [-0.1, -0.05) is 30.3 Å². The van der Waals surface area contributed by atoms with Crippen LogP contribution in [0.1, 0.15) is 5.56 Å². The van der Waals surface area contributed by atoms with E-state index in [9.17, 15) is 10.2 Å². The minimum Gasteiger partial charge on any atom is -0.394 e. The lowest BCUT2D eigenvalue weighted by Gasteiger charge is -2.27. The van der Waals surface area contributed by atoms with Gasteiger partial charge in [0.05, 0.1) is 24.9 Å². The van der Waals surface area contributed by atoms with E-state index in [1.165, 1.54) is 11.3 Å². The number of anilines is 1. The first-order chi connectivity index (χ1) is 13.2. The summed E-state index contributed by atoms with van der Waals surface area (Å²) < 4.78 is 1.92. The molecule has 0 aliphatic heterocycles. The maximum absolute atomic E-state index is 9.91. The molecule has 2 N–H and O–H groups in total. The van der Waals surface area contributed by atoms with E-state index in [1.807, 2.05) is 82.7 Å². The minimum absolute atomic E-state index is 0.268. The van der Waals surface area contributed by atoms with E-state index >= 15 is 0 Å². The summed E-state index contributed by atoms with van der Waals surface area (Å²) in [6.07, 6.45) is 1.14. The maximum Gasteiger partial charge on any atom is 0.408 e. The number of aromatic nitrogens is 1. The molecule has 2 aromatic carbocycles. The van der Waals surface area contributed by atoms with E-state index in [0.717, 1.165) is 22.1 Å². The smallest absolute Gasteiger partial charge is 0.394 e. The summed E-state index contributed by atoms with van der Waals surface area (Å²) in [4.78, 5) is 2.04. The molecule has 0 aliphatic rings. The number of benzene rings is 2. The van der Waals surface area contributed by atoms with Gasteiger partial charge in [-0.2, -0.15) is 0 Å². The lowest BCUT2D eigenvalue weighted by atomic mass is 10.1. The van der Waals surface area contributed by atoms with Crippen molar-refractivity contribution in [2.24, 2.45) is 17.3 Å². The van der Waals surface area contributed by atoms with E-state index in [0.29, 0.717) is 13.1 Å². The minimum atomic E-state index is -0.799. The van der Waals surface area contributed by atoms with Crippen LogP contribution in [0.15, 0.2) is 76.4 Å². The van der Waals surface area contributed by atoms with Crippen molar-refractivity contribution in [1.82, 2.24) is 0 Å². The molecule has 0 amide bonds. The number of rotatable bonds is 8. The van der Waals surface area contributed by atoms with Crippen molar-refractivity contribution in [2.45, 2.75) is 12.6 Å². The molecule has 3 rings (SSSR count). The van der Waals surface area contributed by atoms with E-state index in [1.54, 1.807) is 0 Å². The summed E-state index contributed by atoms with van der Waals surface area (Å²) >= 11 is 1.53. The molecule has 0 aliphatic carbocycles. The van der Waals surface area contributed by atoms with Crippen LogP contribution in [-0.4, -0.2) is 29.5 Å². The molecule has 0 fully saturated rings. The molecule has 0 bridgehead atoms. The van der Waals surface area contributed by atoms with Gasteiger partial charge >= 0.3 is 5.13 Å². The molecule has 0 radical (unpaired) electrons. The summed E-state index contributed by atoms with van der Waals surface area (Å²) in [5.74, 6) is 0. The van der Waals surface area contributed by atoms with Crippen molar-refractivity contribution >= 4 is 27.8 Å². The first-order valence-corrected chi connectivity index (χ1v) is 9.56. The highest BCUT2D eigenvalue weighted by atomic mass is 32.1. The molecule has 3 aromatic rings. The molecule has 0 saturated carbocycles. The van der Waals surface area contributed by atoms with Gasteiger partial charge in [0.15, 0.2) is 0 Å². The third-order valence-corrected chi connectivity index (χ3v) is 4.92. The van der Waals surface area contributed by atoms with Gasteiger partial charge in [0.2, 0.25) is 0 Å². The first-order valence-electron chi connectivity index (χ1n) is 8.68. The molecule has 1 atom stereocenters. The number of aryl methyl sites for hydroxylation is 1. The lowest BCUT2D eigenvalue weighted by molar-refractivity contribution is -0.654. The number of thiazole rings is 1. The van der Waals surface area contributed by atoms with Gasteiger partial charge in [0.25, 0.3) is 0 Å². The number of aliphatic hydroxyl groups is 2. The summed E-state index contributed by atoms with van der Waals surface area (Å²) in [6, 6.07) is 17.7. The predicted octanol–water partition coefficient (Wildman–Crippen LogP) is 3.35. The zero-order valence-corrected chi connectivity index (χ0v) is 16.0. The molecule has 7 heteroatoms. The van der Waals surface area contributed by atoms with Gasteiger partial charge in [-0.05, 0) is 46.3 Å². The fourth-order valence-corrected chi connectivity index (χ4v) is 3.31. The molecule has 1 aromatic heterocycles. The number of nitrogens with zero attached hydrogens (tertiary/aromatic N) is 4. The Balaban J connectivity index is 1.75. The van der Waals surface area contributed by atoms with Crippen LogP contribution in [0.25, 0.3) is 0 Å². The quantitative estimate of drug-likeness (QED) is 0.463. The Morgan fingerprint density at radius 3 is 2.44 bits per heavy atom. The summed E-state index contributed by atoms with van der Waals surface area (Å²) in [7, 11) is 1.93. The molecule has 1 heterocycles. The molecular formula is C20H23N4O2S+. The predicted molar refractivity (Wildman–Crippen MR) is 107 cm³/mol. The van der Waals surface area contributed by atoms with Gasteiger partial charge in [-0.25, -0.2) is 4.57 Å². The average Bonchev–Trinajstić information content (AvgIpc) is 3.12. The van der Waals surface area contributed by atoms with Crippen molar-refractivity contribution in [3.8, 4) is 0 Å². The summed E-state index contributed by atoms with van der Waals surface area (Å²) in [5, 5.41) is 30.5. The largest absolute Gasteiger partial charge is 0.408 e. The van der Waals surface area contributed by atoms with Gasteiger partial charge in [0, 0.05) is 24.2 Å². The molecule has 140 valence electrons. The highest BCUT2D eigenvalue weighted by Crippen LogP contribution is 2.24. The molecule has 6 nitrogen and oxygen atoms in total. The van der Waals surface area contributed by atoms with Crippen LogP contribution in [0.3, 0.4) is 0 Å². The fourth-order valence-electron chi connectivity index (χ4n) is 2.63. The Labute approximate surface area is 162 Å². The van der Waals surface area contributed by atoms with Crippen LogP contribution in [-0.2, 0) is 13.6 Å². The van der Waals surface area contributed by atoms with Crippen molar-refractivity contribution in [3.05, 3.63) is 71.7 Å². The lowest BCUT2D eigenvalue weighted by Crippen LogP contribution is -2.33. The normalized spacial score (nSPS) is 12.4. The first kappa shape index (κ1) is 19.2. The number of azo groups is 1. The second kappa shape index (κ2) is 9.36. The van der Waals surface area contributed by atoms with Gasteiger partial charge < -0.3 is 15.1 Å². The SMILES string of the molecule is C[n+]1ccsc1N=Nc1ccc(N(Cc2ccccc2)CC(O)CO)cc1. The molecule has 27 heavy (non-hydrogen) atoms. The maximum atomic E-state index is 9.91. The van der Waals surface area contributed by atoms with Crippen LogP contribution in [0.5, 0.6) is 0 Å². The van der Waals surface area contributed by atoms with E-state index < -0.39 is 6.10 Å². The Bertz CT molecular complexity index is 865. The van der Waals surface area contributed by atoms with Crippen LogP contribution in [0.2, 0.25) is 0 Å². The van der Waals surface area contributed by atoms with Gasteiger partial charge in [0.1, 0.15) is 11.9 Å². The monoisotopic (exact) mass is 383 g/mol. The molecule has 0 spiro atoms. The Hall–Kier alpha value is -2.61. The van der Waals surface area contributed by atoms with E-state index in [2.05, 4.69) is 10.2 Å². The van der Waals surface area contributed by atoms with Crippen LogP contribution in [0, 0.1) is 0 Å². The Morgan fingerprint density at radius 2 is 1.81 bits per heavy atom. The van der Waals surface area contributed by atoms with Crippen molar-refractivity contribution < 1.29 is 14.8 Å². The average molecular weight is 383 g/mol. The standard InChI is InChI=1S/C20H23N4O2S/c1-23-11-12-27-20(23)22-21-17-7-9-18(10-8-17)24(14-19(26)15-25)13-16-5-3-2-4-6-16/h2-12,19,25-26H,13-15H2,1H3/q+1. The zero-order valence-electron chi connectivity index (χ0n) is 15.1. The van der Waals surface area contributed by atoms with Crippen molar-refractivity contribution in [2.75, 3.05) is 18.1 Å². The summed E-state index contributed by atoms with van der Waals surface area (Å²) in [6.45, 7) is 0.719. The highest BCUT2D eigenvalue weighted by Gasteiger charge is 2.13. The number of hydrogen-bond acceptors (Lipinski definition) is 6. The molecule has 1 unspecified atom stereocenters. The fraction of sp³-hybridized carbons (Fsp3) is 0.250. The summed E-state index contributed by atoms with van der Waals surface area (Å²) in [5.41, 5.74) is 2.85. The van der Waals surface area contributed by atoms with Crippen molar-refractivity contribution in [1.29, 1.82) is 0 Å². The van der Waals surface area contributed by atoms with Crippen LogP contribution >= 0.6 is 11.3 Å². The van der Waals surface area contributed by atoms with Gasteiger partial charge in [-0.3, -0.25) is 0 Å². The topological polar surface area (TPSA) is 72.3 Å². The van der Waals surface area contributed by atoms with Gasteiger partial charge in [-0.15, -0.1) is 0 Å². The Kier molecular flexibility index (Phi) is 6.64. The highest BCUT2D eigenvalue weighted by molar-refractivity contribution is 7.12. The van der Waals surface area contributed by atoms with E-state index in [4.69, 9.17) is 0 Å². The third-order valence-electron chi connectivity index (χ3n) is 4.08. The third kappa shape index (κ3) is 5.43. The van der Waals surface area contributed by atoms with Crippen LogP contribution < -0.4 is 9.47 Å².